The van der Waals surface area contributed by atoms with Crippen molar-refractivity contribution in [1.82, 2.24) is 0 Å². The fraction of sp³-hybridized carbons (Fsp3) is 0.600. The molecule has 0 saturated heterocycles. The molecule has 1 aromatic rings. The third-order valence-electron chi connectivity index (χ3n) is 3.15. The topological polar surface area (TPSA) is 20.2 Å². The number of hydrogen-bond donors (Lipinski definition) is 1. The normalized spacial score (nSPS) is 10.7. The third kappa shape index (κ3) is 3.55. The van der Waals surface area contributed by atoms with Gasteiger partial charge in [0.05, 0.1) is 0 Å². The van der Waals surface area contributed by atoms with Crippen LogP contribution in [-0.4, -0.2) is 5.11 Å². The summed E-state index contributed by atoms with van der Waals surface area (Å²) < 4.78 is 0. The lowest BCUT2D eigenvalue weighted by Crippen LogP contribution is -1.92. The average Bonchev–Trinajstić information content (AvgIpc) is 2.29. The number of rotatable bonds is 6. The molecule has 0 radical (unpaired) electrons. The lowest BCUT2D eigenvalue weighted by molar-refractivity contribution is 0.461. The summed E-state index contributed by atoms with van der Waals surface area (Å²) in [6, 6.07) is 4.25. The predicted octanol–water partition coefficient (Wildman–Crippen LogP) is 4.39. The minimum absolute atomic E-state index is 0.508. The van der Waals surface area contributed by atoms with E-state index in [1.54, 1.807) is 0 Å². The molecule has 0 aromatic heterocycles. The average molecular weight is 220 g/mol. The SMILES string of the molecule is CCCCCCc1cc(CC)cc(C)c1O. The molecule has 16 heavy (non-hydrogen) atoms. The summed E-state index contributed by atoms with van der Waals surface area (Å²) >= 11 is 0. The van der Waals surface area contributed by atoms with E-state index in [0.717, 1.165) is 24.0 Å². The molecule has 0 spiro atoms. The van der Waals surface area contributed by atoms with Crippen LogP contribution in [-0.2, 0) is 12.8 Å². The molecule has 1 N–H and O–H groups in total. The molecule has 0 aliphatic rings. The van der Waals surface area contributed by atoms with Gasteiger partial charge >= 0.3 is 0 Å². The lowest BCUT2D eigenvalue weighted by Gasteiger charge is -2.10. The predicted molar refractivity (Wildman–Crippen MR) is 70.1 cm³/mol. The fourth-order valence-corrected chi connectivity index (χ4v) is 2.07. The maximum Gasteiger partial charge on any atom is 0.121 e. The van der Waals surface area contributed by atoms with E-state index in [-0.39, 0.29) is 0 Å². The standard InChI is InChI=1S/C15H24O/c1-4-6-7-8-9-14-11-13(5-2)10-12(3)15(14)16/h10-11,16H,4-9H2,1-3H3. The number of aromatic hydroxyl groups is 1. The molecule has 0 fully saturated rings. The Morgan fingerprint density at radius 1 is 1.06 bits per heavy atom. The first kappa shape index (κ1) is 13.1. The first-order valence-electron chi connectivity index (χ1n) is 6.50. The first-order valence-corrected chi connectivity index (χ1v) is 6.50. The monoisotopic (exact) mass is 220 g/mol. The second kappa shape index (κ2) is 6.57. The number of unbranched alkanes of at least 4 members (excludes halogenated alkanes) is 3. The van der Waals surface area contributed by atoms with Crippen molar-refractivity contribution in [3.8, 4) is 5.75 Å². The van der Waals surface area contributed by atoms with Crippen LogP contribution in [0.2, 0.25) is 0 Å². The van der Waals surface area contributed by atoms with Crippen LogP contribution < -0.4 is 0 Å². The number of aryl methyl sites for hydroxylation is 3. The zero-order valence-corrected chi connectivity index (χ0v) is 10.8. The molecule has 0 amide bonds. The number of phenols is 1. The van der Waals surface area contributed by atoms with Crippen molar-refractivity contribution in [2.24, 2.45) is 0 Å². The highest BCUT2D eigenvalue weighted by molar-refractivity contribution is 5.43. The molecular formula is C15H24O. The number of benzene rings is 1. The van der Waals surface area contributed by atoms with Gasteiger partial charge in [0.25, 0.3) is 0 Å². The van der Waals surface area contributed by atoms with Gasteiger partial charge in [0.15, 0.2) is 0 Å². The van der Waals surface area contributed by atoms with Gasteiger partial charge in [-0.3, -0.25) is 0 Å². The highest BCUT2D eigenvalue weighted by atomic mass is 16.3. The minimum Gasteiger partial charge on any atom is -0.507 e. The molecule has 1 heteroatoms. The smallest absolute Gasteiger partial charge is 0.121 e. The molecule has 0 bridgehead atoms. The van der Waals surface area contributed by atoms with Gasteiger partial charge in [0.1, 0.15) is 5.75 Å². The third-order valence-corrected chi connectivity index (χ3v) is 3.15. The molecule has 0 aliphatic carbocycles. The Labute approximate surface area is 99.5 Å². The van der Waals surface area contributed by atoms with E-state index >= 15 is 0 Å². The van der Waals surface area contributed by atoms with Gasteiger partial charge in [-0.1, -0.05) is 45.2 Å². The molecule has 0 unspecified atom stereocenters. The lowest BCUT2D eigenvalue weighted by atomic mass is 9.99. The van der Waals surface area contributed by atoms with Crippen molar-refractivity contribution in [2.45, 2.75) is 59.3 Å². The van der Waals surface area contributed by atoms with Crippen molar-refractivity contribution < 1.29 is 5.11 Å². The van der Waals surface area contributed by atoms with Crippen LogP contribution in [0, 0.1) is 6.92 Å². The Balaban J connectivity index is 2.66. The van der Waals surface area contributed by atoms with Gasteiger partial charge in [-0.15, -0.1) is 0 Å². The van der Waals surface area contributed by atoms with E-state index < -0.39 is 0 Å². The summed E-state index contributed by atoms with van der Waals surface area (Å²) in [5.41, 5.74) is 3.48. The van der Waals surface area contributed by atoms with Gasteiger partial charge in [-0.2, -0.15) is 0 Å². The molecule has 1 nitrogen and oxygen atoms in total. The Kier molecular flexibility index (Phi) is 5.37. The molecule has 1 rings (SSSR count). The summed E-state index contributed by atoms with van der Waals surface area (Å²) in [5, 5.41) is 9.97. The largest absolute Gasteiger partial charge is 0.507 e. The van der Waals surface area contributed by atoms with Crippen LogP contribution in [0.1, 0.15) is 56.2 Å². The van der Waals surface area contributed by atoms with Crippen molar-refractivity contribution >= 4 is 0 Å². The highest BCUT2D eigenvalue weighted by Gasteiger charge is 2.06. The Bertz CT molecular complexity index is 328. The molecule has 1 aromatic carbocycles. The van der Waals surface area contributed by atoms with Crippen LogP contribution in [0.25, 0.3) is 0 Å². The van der Waals surface area contributed by atoms with E-state index in [1.807, 2.05) is 6.92 Å². The molecular weight excluding hydrogens is 196 g/mol. The minimum atomic E-state index is 0.508. The second-order valence-electron chi connectivity index (χ2n) is 4.58. The molecule has 90 valence electrons. The summed E-state index contributed by atoms with van der Waals surface area (Å²) in [4.78, 5) is 0. The molecule has 0 saturated carbocycles. The van der Waals surface area contributed by atoms with Gasteiger partial charge in [-0.25, -0.2) is 0 Å². The Morgan fingerprint density at radius 3 is 2.44 bits per heavy atom. The summed E-state index contributed by atoms with van der Waals surface area (Å²) in [7, 11) is 0. The maximum absolute atomic E-state index is 9.97. The van der Waals surface area contributed by atoms with Crippen LogP contribution in [0.5, 0.6) is 5.75 Å². The molecule has 0 heterocycles. The molecule has 0 atom stereocenters. The van der Waals surface area contributed by atoms with Gasteiger partial charge < -0.3 is 5.11 Å². The number of phenolic OH excluding ortho intramolecular Hbond substituents is 1. The van der Waals surface area contributed by atoms with E-state index in [4.69, 9.17) is 0 Å². The summed E-state index contributed by atoms with van der Waals surface area (Å²) in [5.74, 6) is 0.508. The van der Waals surface area contributed by atoms with Gasteiger partial charge in [0.2, 0.25) is 0 Å². The Hall–Kier alpha value is -0.980. The van der Waals surface area contributed by atoms with Gasteiger partial charge in [-0.05, 0) is 42.9 Å². The van der Waals surface area contributed by atoms with E-state index in [1.165, 1.54) is 31.2 Å². The Morgan fingerprint density at radius 2 is 1.81 bits per heavy atom. The van der Waals surface area contributed by atoms with Crippen LogP contribution in [0.15, 0.2) is 12.1 Å². The van der Waals surface area contributed by atoms with E-state index in [9.17, 15) is 5.11 Å². The van der Waals surface area contributed by atoms with Crippen LogP contribution >= 0.6 is 0 Å². The highest BCUT2D eigenvalue weighted by Crippen LogP contribution is 2.26. The first-order chi connectivity index (χ1) is 7.69. The maximum atomic E-state index is 9.97. The van der Waals surface area contributed by atoms with E-state index in [0.29, 0.717) is 5.75 Å². The van der Waals surface area contributed by atoms with E-state index in [2.05, 4.69) is 26.0 Å². The summed E-state index contributed by atoms with van der Waals surface area (Å²) in [6.07, 6.45) is 7.08. The number of hydrogen-bond acceptors (Lipinski definition) is 1. The molecule has 0 aliphatic heterocycles. The zero-order valence-electron chi connectivity index (χ0n) is 10.8. The quantitative estimate of drug-likeness (QED) is 0.705. The fourth-order valence-electron chi connectivity index (χ4n) is 2.07. The van der Waals surface area contributed by atoms with Crippen molar-refractivity contribution in [1.29, 1.82) is 0 Å². The second-order valence-corrected chi connectivity index (χ2v) is 4.58. The van der Waals surface area contributed by atoms with Crippen molar-refractivity contribution in [3.63, 3.8) is 0 Å². The van der Waals surface area contributed by atoms with Crippen molar-refractivity contribution in [3.05, 3.63) is 28.8 Å². The van der Waals surface area contributed by atoms with Crippen molar-refractivity contribution in [2.75, 3.05) is 0 Å². The van der Waals surface area contributed by atoms with Crippen LogP contribution in [0.3, 0.4) is 0 Å². The van der Waals surface area contributed by atoms with Crippen LogP contribution in [0.4, 0.5) is 0 Å². The summed E-state index contributed by atoms with van der Waals surface area (Å²) in [6.45, 7) is 6.37. The zero-order chi connectivity index (χ0) is 12.0. The van der Waals surface area contributed by atoms with Gasteiger partial charge in [0, 0.05) is 0 Å².